The first kappa shape index (κ1) is 10.7. The van der Waals surface area contributed by atoms with Crippen LogP contribution >= 0.6 is 0 Å². The van der Waals surface area contributed by atoms with Gasteiger partial charge in [-0.05, 0) is 32.9 Å². The second kappa shape index (κ2) is 3.62. The van der Waals surface area contributed by atoms with Crippen molar-refractivity contribution in [3.05, 3.63) is 35.4 Å². The Hall–Kier alpha value is -0.860. The van der Waals surface area contributed by atoms with Crippen molar-refractivity contribution in [2.24, 2.45) is 0 Å². The minimum atomic E-state index is -0.664. The monoisotopic (exact) mass is 205 g/mol. The minimum Gasteiger partial charge on any atom is -0.383 e. The summed E-state index contributed by atoms with van der Waals surface area (Å²) >= 11 is 0. The van der Waals surface area contributed by atoms with Crippen molar-refractivity contribution in [2.45, 2.75) is 31.9 Å². The van der Waals surface area contributed by atoms with E-state index in [0.29, 0.717) is 0 Å². The van der Waals surface area contributed by atoms with Gasteiger partial charge in [0, 0.05) is 12.6 Å². The summed E-state index contributed by atoms with van der Waals surface area (Å²) in [7, 11) is 2.07. The zero-order valence-corrected chi connectivity index (χ0v) is 9.70. The van der Waals surface area contributed by atoms with Crippen LogP contribution in [0.5, 0.6) is 0 Å². The van der Waals surface area contributed by atoms with E-state index in [4.69, 9.17) is 0 Å². The van der Waals surface area contributed by atoms with Gasteiger partial charge in [-0.1, -0.05) is 29.8 Å². The quantitative estimate of drug-likeness (QED) is 0.757. The first-order chi connectivity index (χ1) is 7.04. The molecule has 15 heavy (non-hydrogen) atoms. The molecule has 0 unspecified atom stereocenters. The number of hydrogen-bond acceptors (Lipinski definition) is 2. The fraction of sp³-hybridized carbons (Fsp3) is 0.538. The van der Waals surface area contributed by atoms with E-state index in [0.717, 1.165) is 18.5 Å². The van der Waals surface area contributed by atoms with Crippen LogP contribution in [0.25, 0.3) is 0 Å². The molecule has 1 aromatic rings. The number of aliphatic hydroxyl groups is 1. The van der Waals surface area contributed by atoms with Crippen LogP contribution in [0, 0.1) is 6.92 Å². The molecule has 2 atom stereocenters. The van der Waals surface area contributed by atoms with Gasteiger partial charge >= 0.3 is 0 Å². The fourth-order valence-corrected chi connectivity index (χ4v) is 2.34. The zero-order valence-electron chi connectivity index (χ0n) is 9.70. The third-order valence-electron chi connectivity index (χ3n) is 3.75. The van der Waals surface area contributed by atoms with Crippen LogP contribution in [-0.2, 0) is 5.60 Å². The smallest absolute Gasteiger partial charge is 0.106 e. The van der Waals surface area contributed by atoms with E-state index >= 15 is 0 Å². The molecule has 2 rings (SSSR count). The average molecular weight is 205 g/mol. The van der Waals surface area contributed by atoms with Crippen molar-refractivity contribution in [1.82, 2.24) is 4.90 Å². The molecule has 0 bridgehead atoms. The summed E-state index contributed by atoms with van der Waals surface area (Å²) in [6, 6.07) is 8.42. The van der Waals surface area contributed by atoms with Crippen molar-refractivity contribution >= 4 is 0 Å². The molecule has 1 aliphatic heterocycles. The van der Waals surface area contributed by atoms with Crippen LogP contribution < -0.4 is 0 Å². The molecule has 1 aromatic carbocycles. The van der Waals surface area contributed by atoms with Gasteiger partial charge in [0.2, 0.25) is 0 Å². The van der Waals surface area contributed by atoms with Gasteiger partial charge in [0.05, 0.1) is 0 Å². The molecular weight excluding hydrogens is 186 g/mol. The Morgan fingerprint density at radius 2 is 1.93 bits per heavy atom. The molecule has 1 saturated heterocycles. The summed E-state index contributed by atoms with van der Waals surface area (Å²) in [6.45, 7) is 5.12. The fourth-order valence-electron chi connectivity index (χ4n) is 2.34. The highest BCUT2D eigenvalue weighted by Crippen LogP contribution is 2.36. The van der Waals surface area contributed by atoms with Gasteiger partial charge in [-0.15, -0.1) is 0 Å². The molecule has 0 spiro atoms. The third-order valence-corrected chi connectivity index (χ3v) is 3.75. The van der Waals surface area contributed by atoms with Crippen LogP contribution in [-0.4, -0.2) is 29.6 Å². The van der Waals surface area contributed by atoms with Crippen LogP contribution in [0.2, 0.25) is 0 Å². The lowest BCUT2D eigenvalue weighted by atomic mass is 9.87. The van der Waals surface area contributed by atoms with E-state index in [-0.39, 0.29) is 6.04 Å². The second-order valence-corrected chi connectivity index (χ2v) is 4.70. The predicted octanol–water partition coefficient (Wildman–Crippen LogP) is 1.91. The number of aryl methyl sites for hydroxylation is 1. The van der Waals surface area contributed by atoms with E-state index < -0.39 is 5.60 Å². The lowest BCUT2D eigenvalue weighted by Crippen LogP contribution is -2.38. The van der Waals surface area contributed by atoms with E-state index in [1.807, 2.05) is 12.1 Å². The second-order valence-electron chi connectivity index (χ2n) is 4.70. The van der Waals surface area contributed by atoms with Crippen molar-refractivity contribution in [3.63, 3.8) is 0 Å². The molecule has 1 aliphatic rings. The molecule has 0 amide bonds. The maximum Gasteiger partial charge on any atom is 0.106 e. The molecule has 1 fully saturated rings. The third kappa shape index (κ3) is 1.68. The molecule has 82 valence electrons. The van der Waals surface area contributed by atoms with Gasteiger partial charge < -0.3 is 10.0 Å². The molecule has 1 heterocycles. The van der Waals surface area contributed by atoms with E-state index in [9.17, 15) is 5.11 Å². The van der Waals surface area contributed by atoms with Crippen molar-refractivity contribution < 1.29 is 5.11 Å². The largest absolute Gasteiger partial charge is 0.383 e. The van der Waals surface area contributed by atoms with Crippen molar-refractivity contribution in [2.75, 3.05) is 13.6 Å². The molecule has 0 radical (unpaired) electrons. The Kier molecular flexibility index (Phi) is 2.57. The predicted molar refractivity (Wildman–Crippen MR) is 61.8 cm³/mol. The van der Waals surface area contributed by atoms with Gasteiger partial charge in [0.1, 0.15) is 5.60 Å². The molecule has 2 nitrogen and oxygen atoms in total. The maximum atomic E-state index is 10.7. The Morgan fingerprint density at radius 1 is 1.33 bits per heavy atom. The number of benzene rings is 1. The highest BCUT2D eigenvalue weighted by molar-refractivity contribution is 5.29. The van der Waals surface area contributed by atoms with Crippen LogP contribution in [0.4, 0.5) is 0 Å². The SMILES string of the molecule is Cc1ccc([C@]2(O)CCN(C)[C@H]2C)cc1. The summed E-state index contributed by atoms with van der Waals surface area (Å²) in [4.78, 5) is 2.21. The zero-order chi connectivity index (χ0) is 11.1. The van der Waals surface area contributed by atoms with Crippen LogP contribution in [0.3, 0.4) is 0 Å². The normalized spacial score (nSPS) is 32.1. The van der Waals surface area contributed by atoms with Crippen LogP contribution in [0.1, 0.15) is 24.5 Å². The number of rotatable bonds is 1. The van der Waals surface area contributed by atoms with E-state index in [1.165, 1.54) is 5.56 Å². The summed E-state index contributed by atoms with van der Waals surface area (Å²) in [5.74, 6) is 0. The number of nitrogens with zero attached hydrogens (tertiary/aromatic N) is 1. The number of likely N-dealkylation sites (N-methyl/N-ethyl adjacent to an activating group) is 1. The maximum absolute atomic E-state index is 10.7. The van der Waals surface area contributed by atoms with Gasteiger partial charge in [-0.2, -0.15) is 0 Å². The molecule has 0 aliphatic carbocycles. The molecule has 0 saturated carbocycles. The van der Waals surface area contributed by atoms with Gasteiger partial charge in [-0.25, -0.2) is 0 Å². The summed E-state index contributed by atoms with van der Waals surface area (Å²) < 4.78 is 0. The van der Waals surface area contributed by atoms with E-state index in [1.54, 1.807) is 0 Å². The summed E-state index contributed by atoms with van der Waals surface area (Å²) in [5.41, 5.74) is 1.62. The number of hydrogen-bond donors (Lipinski definition) is 1. The minimum absolute atomic E-state index is 0.195. The first-order valence-electron chi connectivity index (χ1n) is 5.54. The summed E-state index contributed by atoms with van der Waals surface area (Å²) in [6.07, 6.45) is 0.827. The molecule has 1 N–H and O–H groups in total. The Balaban J connectivity index is 2.33. The summed E-state index contributed by atoms with van der Waals surface area (Å²) in [5, 5.41) is 10.7. The Labute approximate surface area is 91.5 Å². The van der Waals surface area contributed by atoms with Gasteiger partial charge in [0.15, 0.2) is 0 Å². The number of likely N-dealkylation sites (tertiary alicyclic amines) is 1. The standard InChI is InChI=1S/C13H19NO/c1-10-4-6-12(7-5-10)13(15)8-9-14(3)11(13)2/h4-7,11,15H,8-9H2,1-3H3/t11-,13-/m0/s1. The van der Waals surface area contributed by atoms with Crippen molar-refractivity contribution in [1.29, 1.82) is 0 Å². The van der Waals surface area contributed by atoms with Crippen LogP contribution in [0.15, 0.2) is 24.3 Å². The molecular formula is C13H19NO. The van der Waals surface area contributed by atoms with E-state index in [2.05, 4.69) is 37.9 Å². The first-order valence-corrected chi connectivity index (χ1v) is 5.54. The lowest BCUT2D eigenvalue weighted by molar-refractivity contribution is 0.0109. The Morgan fingerprint density at radius 3 is 2.40 bits per heavy atom. The lowest BCUT2D eigenvalue weighted by Gasteiger charge is -2.30. The highest BCUT2D eigenvalue weighted by Gasteiger charge is 2.42. The average Bonchev–Trinajstić information content (AvgIpc) is 2.48. The topological polar surface area (TPSA) is 23.5 Å². The van der Waals surface area contributed by atoms with Gasteiger partial charge in [-0.3, -0.25) is 0 Å². The van der Waals surface area contributed by atoms with Gasteiger partial charge in [0.25, 0.3) is 0 Å². The Bertz CT molecular complexity index is 346. The molecule has 2 heteroatoms. The highest BCUT2D eigenvalue weighted by atomic mass is 16.3. The molecule has 0 aromatic heterocycles. The van der Waals surface area contributed by atoms with Crippen molar-refractivity contribution in [3.8, 4) is 0 Å².